The molecule has 1 heterocycles. The molecule has 15 heavy (non-hydrogen) atoms. The molecule has 4 heteroatoms. The molecule has 1 saturated carbocycles. The van der Waals surface area contributed by atoms with E-state index >= 15 is 0 Å². The maximum Gasteiger partial charge on any atom is 0.247 e. The van der Waals surface area contributed by atoms with Crippen LogP contribution >= 0.6 is 11.3 Å². The highest BCUT2D eigenvalue weighted by molar-refractivity contribution is 7.07. The van der Waals surface area contributed by atoms with Gasteiger partial charge in [0.05, 0.1) is 12.5 Å². The van der Waals surface area contributed by atoms with Gasteiger partial charge in [0, 0.05) is 0 Å². The predicted molar refractivity (Wildman–Crippen MR) is 59.5 cm³/mol. The molecule has 0 atom stereocenters. The average Bonchev–Trinajstić information content (AvgIpc) is 2.86. The van der Waals surface area contributed by atoms with Crippen molar-refractivity contribution in [3.8, 4) is 0 Å². The molecule has 0 radical (unpaired) electrons. The smallest absolute Gasteiger partial charge is 0.247 e. The van der Waals surface area contributed by atoms with E-state index in [4.69, 9.17) is 4.84 Å². The van der Waals surface area contributed by atoms with Crippen molar-refractivity contribution >= 4 is 17.2 Å². The first-order chi connectivity index (χ1) is 7.34. The summed E-state index contributed by atoms with van der Waals surface area (Å²) in [5, 5.41) is 3.95. The van der Waals surface area contributed by atoms with Gasteiger partial charge < -0.3 is 0 Å². The van der Waals surface area contributed by atoms with E-state index in [-0.39, 0.29) is 12.0 Å². The Balaban J connectivity index is 1.68. The molecule has 1 aromatic heterocycles. The van der Waals surface area contributed by atoms with Crippen molar-refractivity contribution in [2.24, 2.45) is 0 Å². The maximum absolute atomic E-state index is 11.4. The first kappa shape index (κ1) is 10.6. The lowest BCUT2D eigenvalue weighted by atomic mass is 10.2. The van der Waals surface area contributed by atoms with Crippen LogP contribution in [-0.4, -0.2) is 12.0 Å². The molecule has 2 rings (SSSR count). The molecule has 82 valence electrons. The molecule has 1 aliphatic rings. The average molecular weight is 225 g/mol. The number of hydrogen-bond donors (Lipinski definition) is 1. The zero-order valence-electron chi connectivity index (χ0n) is 8.57. The van der Waals surface area contributed by atoms with Crippen molar-refractivity contribution in [1.82, 2.24) is 5.48 Å². The van der Waals surface area contributed by atoms with Crippen molar-refractivity contribution in [2.45, 2.75) is 38.2 Å². The van der Waals surface area contributed by atoms with Gasteiger partial charge in [0.15, 0.2) is 0 Å². The number of thiophene rings is 1. The number of hydroxylamine groups is 1. The minimum Gasteiger partial charge on any atom is -0.272 e. The zero-order valence-corrected chi connectivity index (χ0v) is 9.39. The van der Waals surface area contributed by atoms with Crippen LogP contribution in [0.3, 0.4) is 0 Å². The van der Waals surface area contributed by atoms with Crippen LogP contribution in [0.1, 0.15) is 31.2 Å². The molecule has 0 aliphatic heterocycles. The first-order valence-corrected chi connectivity index (χ1v) is 6.24. The fourth-order valence-corrected chi connectivity index (χ4v) is 2.44. The normalized spacial score (nSPS) is 16.8. The third-order valence-corrected chi connectivity index (χ3v) is 3.32. The Labute approximate surface area is 93.4 Å². The van der Waals surface area contributed by atoms with Crippen LogP contribution in [0.4, 0.5) is 0 Å². The Morgan fingerprint density at radius 2 is 2.33 bits per heavy atom. The topological polar surface area (TPSA) is 38.3 Å². The van der Waals surface area contributed by atoms with Crippen molar-refractivity contribution < 1.29 is 9.63 Å². The molecule has 0 aromatic carbocycles. The number of carbonyl (C=O) groups excluding carboxylic acids is 1. The predicted octanol–water partition coefficient (Wildman–Crippen LogP) is 2.28. The van der Waals surface area contributed by atoms with Crippen LogP contribution < -0.4 is 5.48 Å². The summed E-state index contributed by atoms with van der Waals surface area (Å²) in [5.74, 6) is -0.0553. The molecule has 0 saturated heterocycles. The quantitative estimate of drug-likeness (QED) is 0.798. The van der Waals surface area contributed by atoms with E-state index in [1.165, 1.54) is 12.8 Å². The molecule has 0 bridgehead atoms. The lowest BCUT2D eigenvalue weighted by molar-refractivity contribution is -0.137. The molecule has 0 spiro atoms. The number of amides is 1. The number of rotatable bonds is 4. The summed E-state index contributed by atoms with van der Waals surface area (Å²) in [6.07, 6.45) is 5.21. The Kier molecular flexibility index (Phi) is 3.75. The van der Waals surface area contributed by atoms with Gasteiger partial charge in [0.2, 0.25) is 5.91 Å². The van der Waals surface area contributed by atoms with Crippen molar-refractivity contribution in [3.05, 3.63) is 22.4 Å². The second kappa shape index (κ2) is 5.28. The second-order valence-electron chi connectivity index (χ2n) is 3.86. The number of nitrogens with one attached hydrogen (secondary N) is 1. The molecule has 1 N–H and O–H groups in total. The zero-order chi connectivity index (χ0) is 10.5. The first-order valence-electron chi connectivity index (χ1n) is 5.30. The highest BCUT2D eigenvalue weighted by Gasteiger charge is 2.16. The summed E-state index contributed by atoms with van der Waals surface area (Å²) in [7, 11) is 0. The minimum absolute atomic E-state index is 0.0553. The molecule has 1 aliphatic carbocycles. The molecule has 1 fully saturated rings. The largest absolute Gasteiger partial charge is 0.272 e. The van der Waals surface area contributed by atoms with Gasteiger partial charge in [-0.1, -0.05) is 12.8 Å². The summed E-state index contributed by atoms with van der Waals surface area (Å²) in [6, 6.07) is 1.96. The van der Waals surface area contributed by atoms with Crippen LogP contribution in [0.2, 0.25) is 0 Å². The number of hydrogen-bond acceptors (Lipinski definition) is 3. The van der Waals surface area contributed by atoms with Crippen molar-refractivity contribution in [2.75, 3.05) is 0 Å². The highest BCUT2D eigenvalue weighted by atomic mass is 32.1. The van der Waals surface area contributed by atoms with Crippen LogP contribution in [0.5, 0.6) is 0 Å². The maximum atomic E-state index is 11.4. The Morgan fingerprint density at radius 1 is 1.53 bits per heavy atom. The van der Waals surface area contributed by atoms with Gasteiger partial charge in [-0.25, -0.2) is 5.48 Å². The lowest BCUT2D eigenvalue weighted by Gasteiger charge is -2.10. The van der Waals surface area contributed by atoms with Gasteiger partial charge in [-0.15, -0.1) is 0 Å². The molecular weight excluding hydrogens is 210 g/mol. The standard InChI is InChI=1S/C11H15NO2S/c13-11(7-9-5-6-15-8-9)12-14-10-3-1-2-4-10/h5-6,8,10H,1-4,7H2,(H,12,13). The van der Waals surface area contributed by atoms with Gasteiger partial charge in [-0.3, -0.25) is 9.63 Å². The Morgan fingerprint density at radius 3 is 3.00 bits per heavy atom. The molecule has 3 nitrogen and oxygen atoms in total. The monoisotopic (exact) mass is 225 g/mol. The van der Waals surface area contributed by atoms with Gasteiger partial charge in [0.1, 0.15) is 0 Å². The van der Waals surface area contributed by atoms with Crippen LogP contribution in [0.25, 0.3) is 0 Å². The SMILES string of the molecule is O=C(Cc1ccsc1)NOC1CCCC1. The van der Waals surface area contributed by atoms with Crippen LogP contribution in [0, 0.1) is 0 Å². The molecule has 0 unspecified atom stereocenters. The van der Waals surface area contributed by atoms with E-state index in [9.17, 15) is 4.79 Å². The fraction of sp³-hybridized carbons (Fsp3) is 0.545. The molecule has 1 aromatic rings. The van der Waals surface area contributed by atoms with E-state index in [0.717, 1.165) is 18.4 Å². The summed E-state index contributed by atoms with van der Waals surface area (Å²) in [6.45, 7) is 0. The van der Waals surface area contributed by atoms with Gasteiger partial charge in [0.25, 0.3) is 0 Å². The van der Waals surface area contributed by atoms with Crippen LogP contribution in [0.15, 0.2) is 16.8 Å². The summed E-state index contributed by atoms with van der Waals surface area (Å²) in [5.41, 5.74) is 3.58. The third-order valence-electron chi connectivity index (χ3n) is 2.59. The van der Waals surface area contributed by atoms with Gasteiger partial charge >= 0.3 is 0 Å². The summed E-state index contributed by atoms with van der Waals surface area (Å²) >= 11 is 1.60. The van der Waals surface area contributed by atoms with Gasteiger partial charge in [-0.2, -0.15) is 11.3 Å². The number of carbonyl (C=O) groups is 1. The van der Waals surface area contributed by atoms with Crippen molar-refractivity contribution in [3.63, 3.8) is 0 Å². The van der Waals surface area contributed by atoms with Crippen molar-refractivity contribution in [1.29, 1.82) is 0 Å². The van der Waals surface area contributed by atoms with Crippen LogP contribution in [-0.2, 0) is 16.1 Å². The molecule has 1 amide bonds. The molecular formula is C11H15NO2S. The van der Waals surface area contributed by atoms with Gasteiger partial charge in [-0.05, 0) is 35.2 Å². The fourth-order valence-electron chi connectivity index (χ4n) is 1.77. The van der Waals surface area contributed by atoms with E-state index in [0.29, 0.717) is 6.42 Å². The van der Waals surface area contributed by atoms with E-state index in [1.54, 1.807) is 11.3 Å². The van der Waals surface area contributed by atoms with E-state index in [2.05, 4.69) is 5.48 Å². The Hall–Kier alpha value is -0.870. The summed E-state index contributed by atoms with van der Waals surface area (Å²) in [4.78, 5) is 16.8. The van der Waals surface area contributed by atoms with E-state index < -0.39 is 0 Å². The third kappa shape index (κ3) is 3.32. The Bertz CT molecular complexity index is 304. The highest BCUT2D eigenvalue weighted by Crippen LogP contribution is 2.19. The van der Waals surface area contributed by atoms with E-state index in [1.807, 2.05) is 16.8 Å². The minimum atomic E-state index is -0.0553. The lowest BCUT2D eigenvalue weighted by Crippen LogP contribution is -2.29. The second-order valence-corrected chi connectivity index (χ2v) is 4.64. The summed E-state index contributed by atoms with van der Waals surface area (Å²) < 4.78 is 0.